The highest BCUT2D eigenvalue weighted by molar-refractivity contribution is 5.02. The second-order valence-corrected chi connectivity index (χ2v) is 5.87. The summed E-state index contributed by atoms with van der Waals surface area (Å²) in [7, 11) is 2.16. The molecule has 0 radical (unpaired) electrons. The molecule has 0 aromatic carbocycles. The minimum Gasteiger partial charge on any atom is -0.330 e. The highest BCUT2D eigenvalue weighted by atomic mass is 15.1. The number of pyridine rings is 1. The Labute approximate surface area is 111 Å². The van der Waals surface area contributed by atoms with Crippen LogP contribution in [0.3, 0.4) is 0 Å². The number of aromatic nitrogens is 1. The van der Waals surface area contributed by atoms with Crippen molar-refractivity contribution in [1.29, 1.82) is 0 Å². The first-order valence-electron chi connectivity index (χ1n) is 6.82. The first kappa shape index (κ1) is 15.1. The lowest BCUT2D eigenvalue weighted by Crippen LogP contribution is -2.23. The molecule has 3 nitrogen and oxygen atoms in total. The van der Waals surface area contributed by atoms with E-state index >= 15 is 0 Å². The quantitative estimate of drug-likeness (QED) is 0.770. The van der Waals surface area contributed by atoms with E-state index in [1.54, 1.807) is 0 Å². The summed E-state index contributed by atoms with van der Waals surface area (Å²) in [5.74, 6) is 0. The number of hydrogen-bond donors (Lipinski definition) is 1. The average molecular weight is 249 g/mol. The van der Waals surface area contributed by atoms with Crippen LogP contribution in [0.2, 0.25) is 0 Å². The molecule has 0 spiro atoms. The lowest BCUT2D eigenvalue weighted by atomic mass is 9.84. The highest BCUT2D eigenvalue weighted by Gasteiger charge is 2.16. The highest BCUT2D eigenvalue weighted by Crippen LogP contribution is 2.25. The summed E-state index contributed by atoms with van der Waals surface area (Å²) in [6.45, 7) is 7.44. The van der Waals surface area contributed by atoms with Gasteiger partial charge in [0, 0.05) is 12.7 Å². The summed E-state index contributed by atoms with van der Waals surface area (Å²) in [6, 6.07) is 6.08. The van der Waals surface area contributed by atoms with Crippen LogP contribution in [-0.4, -0.2) is 30.0 Å². The summed E-state index contributed by atoms with van der Waals surface area (Å²) in [6.07, 6.45) is 5.41. The molecule has 102 valence electrons. The monoisotopic (exact) mass is 249 g/mol. The van der Waals surface area contributed by atoms with Gasteiger partial charge in [-0.25, -0.2) is 0 Å². The van der Waals surface area contributed by atoms with Gasteiger partial charge in [0.15, 0.2) is 0 Å². The molecule has 0 aliphatic rings. The third-order valence-corrected chi connectivity index (χ3v) is 3.37. The zero-order chi connectivity index (χ0) is 13.4. The van der Waals surface area contributed by atoms with Crippen molar-refractivity contribution in [3.63, 3.8) is 0 Å². The molecule has 0 atom stereocenters. The van der Waals surface area contributed by atoms with Crippen LogP contribution in [0, 0.1) is 5.41 Å². The third kappa shape index (κ3) is 6.12. The number of nitrogens with zero attached hydrogens (tertiary/aromatic N) is 2. The minimum absolute atomic E-state index is 0.376. The van der Waals surface area contributed by atoms with E-state index in [1.807, 2.05) is 18.3 Å². The van der Waals surface area contributed by atoms with Crippen LogP contribution in [0.4, 0.5) is 0 Å². The minimum atomic E-state index is 0.376. The first-order valence-corrected chi connectivity index (χ1v) is 6.82. The fourth-order valence-corrected chi connectivity index (χ4v) is 2.19. The molecule has 18 heavy (non-hydrogen) atoms. The summed E-state index contributed by atoms with van der Waals surface area (Å²) in [5, 5.41) is 0. The Balaban J connectivity index is 2.23. The van der Waals surface area contributed by atoms with E-state index in [9.17, 15) is 0 Å². The maximum Gasteiger partial charge on any atom is 0.0543 e. The van der Waals surface area contributed by atoms with Gasteiger partial charge in [0.1, 0.15) is 0 Å². The van der Waals surface area contributed by atoms with Gasteiger partial charge in [0.05, 0.1) is 5.69 Å². The van der Waals surface area contributed by atoms with Gasteiger partial charge in [-0.3, -0.25) is 4.98 Å². The van der Waals surface area contributed by atoms with Crippen LogP contribution >= 0.6 is 0 Å². The Morgan fingerprint density at radius 2 is 2.06 bits per heavy atom. The van der Waals surface area contributed by atoms with Crippen LogP contribution in [0.15, 0.2) is 24.4 Å². The van der Waals surface area contributed by atoms with Crippen molar-refractivity contribution in [2.45, 2.75) is 39.7 Å². The standard InChI is InChI=1S/C15H27N3/c1-15(2,9-10-16)8-6-12-18(3)13-14-7-4-5-11-17-14/h4-5,7,11H,6,8-10,12-13,16H2,1-3H3. The van der Waals surface area contributed by atoms with E-state index in [-0.39, 0.29) is 0 Å². The molecule has 1 rings (SSSR count). The van der Waals surface area contributed by atoms with Gasteiger partial charge in [-0.1, -0.05) is 19.9 Å². The molecule has 0 unspecified atom stereocenters. The van der Waals surface area contributed by atoms with Gasteiger partial charge >= 0.3 is 0 Å². The summed E-state index contributed by atoms with van der Waals surface area (Å²) in [5.41, 5.74) is 7.15. The molecular formula is C15H27N3. The van der Waals surface area contributed by atoms with E-state index < -0.39 is 0 Å². The second-order valence-electron chi connectivity index (χ2n) is 5.87. The van der Waals surface area contributed by atoms with E-state index in [2.05, 4.69) is 36.8 Å². The summed E-state index contributed by atoms with van der Waals surface area (Å²) >= 11 is 0. The van der Waals surface area contributed by atoms with Crippen molar-refractivity contribution in [3.05, 3.63) is 30.1 Å². The molecule has 0 saturated heterocycles. The largest absolute Gasteiger partial charge is 0.330 e. The van der Waals surface area contributed by atoms with Gasteiger partial charge in [-0.15, -0.1) is 0 Å². The zero-order valence-corrected chi connectivity index (χ0v) is 12.0. The molecule has 1 aromatic heterocycles. The van der Waals surface area contributed by atoms with Gasteiger partial charge in [-0.05, 0) is 56.9 Å². The van der Waals surface area contributed by atoms with Crippen LogP contribution in [0.1, 0.15) is 38.8 Å². The van der Waals surface area contributed by atoms with Gasteiger partial charge < -0.3 is 10.6 Å². The number of hydrogen-bond acceptors (Lipinski definition) is 3. The van der Waals surface area contributed by atoms with Crippen molar-refractivity contribution in [2.75, 3.05) is 20.1 Å². The van der Waals surface area contributed by atoms with Crippen molar-refractivity contribution in [2.24, 2.45) is 11.1 Å². The van der Waals surface area contributed by atoms with E-state index in [0.717, 1.165) is 31.7 Å². The zero-order valence-electron chi connectivity index (χ0n) is 12.0. The van der Waals surface area contributed by atoms with E-state index in [0.29, 0.717) is 5.41 Å². The molecule has 0 aliphatic carbocycles. The summed E-state index contributed by atoms with van der Waals surface area (Å²) in [4.78, 5) is 6.68. The number of nitrogens with two attached hydrogens (primary N) is 1. The SMILES string of the molecule is CN(CCCC(C)(C)CCN)Cc1ccccn1. The topological polar surface area (TPSA) is 42.1 Å². The Morgan fingerprint density at radius 1 is 1.28 bits per heavy atom. The normalized spacial score (nSPS) is 12.1. The molecule has 0 bridgehead atoms. The van der Waals surface area contributed by atoms with Crippen molar-refractivity contribution >= 4 is 0 Å². The van der Waals surface area contributed by atoms with Crippen LogP contribution < -0.4 is 5.73 Å². The lowest BCUT2D eigenvalue weighted by molar-refractivity contribution is 0.258. The maximum absolute atomic E-state index is 5.63. The average Bonchev–Trinajstić information content (AvgIpc) is 2.29. The molecule has 1 heterocycles. The first-order chi connectivity index (χ1) is 8.53. The van der Waals surface area contributed by atoms with Crippen molar-refractivity contribution < 1.29 is 0 Å². The van der Waals surface area contributed by atoms with E-state index in [4.69, 9.17) is 5.73 Å². The Morgan fingerprint density at radius 3 is 2.67 bits per heavy atom. The fourth-order valence-electron chi connectivity index (χ4n) is 2.19. The van der Waals surface area contributed by atoms with Gasteiger partial charge in [0.2, 0.25) is 0 Å². The molecule has 0 aliphatic heterocycles. The van der Waals surface area contributed by atoms with E-state index in [1.165, 1.54) is 12.8 Å². The predicted molar refractivity (Wildman–Crippen MR) is 77.3 cm³/mol. The molecule has 0 fully saturated rings. The maximum atomic E-state index is 5.63. The van der Waals surface area contributed by atoms with Crippen molar-refractivity contribution in [3.8, 4) is 0 Å². The fraction of sp³-hybridized carbons (Fsp3) is 0.667. The van der Waals surface area contributed by atoms with Crippen molar-refractivity contribution in [1.82, 2.24) is 9.88 Å². The van der Waals surface area contributed by atoms with Crippen LogP contribution in [0.5, 0.6) is 0 Å². The lowest BCUT2D eigenvalue weighted by Gasteiger charge is -2.25. The Hall–Kier alpha value is -0.930. The van der Waals surface area contributed by atoms with Gasteiger partial charge in [0.25, 0.3) is 0 Å². The molecule has 0 amide bonds. The summed E-state index contributed by atoms with van der Waals surface area (Å²) < 4.78 is 0. The third-order valence-electron chi connectivity index (χ3n) is 3.37. The predicted octanol–water partition coefficient (Wildman–Crippen LogP) is 2.67. The molecule has 0 saturated carbocycles. The molecular weight excluding hydrogens is 222 g/mol. The molecule has 1 aromatic rings. The Bertz CT molecular complexity index is 322. The smallest absolute Gasteiger partial charge is 0.0543 e. The number of rotatable bonds is 8. The molecule has 2 N–H and O–H groups in total. The van der Waals surface area contributed by atoms with Gasteiger partial charge in [-0.2, -0.15) is 0 Å². The Kier molecular flexibility index (Phi) is 6.30. The van der Waals surface area contributed by atoms with Crippen LogP contribution in [0.25, 0.3) is 0 Å². The van der Waals surface area contributed by atoms with Crippen LogP contribution in [-0.2, 0) is 6.54 Å². The second kappa shape index (κ2) is 7.49. The molecule has 3 heteroatoms.